The summed E-state index contributed by atoms with van der Waals surface area (Å²) in [6.45, 7) is 12.4. The van der Waals surface area contributed by atoms with E-state index < -0.39 is 17.0 Å². The topological polar surface area (TPSA) is 79.2 Å². The SMILES string of the molecule is Cc1cc([C@@H](C)N[S+]([O-])C(C)(C)C)c2nc(C3(C)CCCO3)n(C)c(=O)c2c1. The summed E-state index contributed by atoms with van der Waals surface area (Å²) in [6, 6.07) is 3.68. The minimum absolute atomic E-state index is 0.0779. The Morgan fingerprint density at radius 1 is 1.39 bits per heavy atom. The minimum Gasteiger partial charge on any atom is -0.598 e. The first-order valence-corrected chi connectivity index (χ1v) is 10.9. The van der Waals surface area contributed by atoms with Crippen molar-refractivity contribution < 1.29 is 9.29 Å². The molecule has 0 radical (unpaired) electrons. The van der Waals surface area contributed by atoms with Crippen LogP contribution in [0.3, 0.4) is 0 Å². The summed E-state index contributed by atoms with van der Waals surface area (Å²) in [5.41, 5.74) is 1.88. The summed E-state index contributed by atoms with van der Waals surface area (Å²) in [7, 11) is 1.76. The first-order chi connectivity index (χ1) is 12.9. The van der Waals surface area contributed by atoms with Gasteiger partial charge >= 0.3 is 0 Å². The van der Waals surface area contributed by atoms with Crippen LogP contribution in [0, 0.1) is 6.92 Å². The van der Waals surface area contributed by atoms with E-state index in [4.69, 9.17) is 9.72 Å². The molecule has 2 aromatic rings. The van der Waals surface area contributed by atoms with Crippen LogP contribution < -0.4 is 10.3 Å². The predicted octanol–water partition coefficient (Wildman–Crippen LogP) is 3.38. The van der Waals surface area contributed by atoms with Gasteiger partial charge in [-0.3, -0.25) is 9.36 Å². The number of fused-ring (bicyclic) bond motifs is 1. The highest BCUT2D eigenvalue weighted by Crippen LogP contribution is 2.35. The summed E-state index contributed by atoms with van der Waals surface area (Å²) in [5.74, 6) is 0.650. The van der Waals surface area contributed by atoms with Crippen molar-refractivity contribution in [3.63, 3.8) is 0 Å². The molecular formula is C21H31N3O3S. The van der Waals surface area contributed by atoms with Gasteiger partial charge in [0, 0.05) is 30.6 Å². The second-order valence-electron chi connectivity index (χ2n) is 8.95. The number of nitrogens with one attached hydrogen (secondary N) is 1. The van der Waals surface area contributed by atoms with Crippen molar-refractivity contribution in [3.05, 3.63) is 39.4 Å². The number of aryl methyl sites for hydroxylation is 1. The molecular weight excluding hydrogens is 374 g/mol. The smallest absolute Gasteiger partial charge is 0.261 e. The Hall–Kier alpha value is -1.41. The molecule has 0 bridgehead atoms. The molecule has 6 nitrogen and oxygen atoms in total. The molecule has 2 heterocycles. The standard InChI is InChI=1S/C21H31N3O3S/c1-13-11-15(14(2)23-28(26)20(3,4)5)17-16(12-13)18(25)24(7)19(22-17)21(6)9-8-10-27-21/h11-12,14,23H,8-10H2,1-7H3/t14-,21?,28?/m1/s1. The van der Waals surface area contributed by atoms with Gasteiger partial charge in [-0.1, -0.05) is 6.07 Å². The van der Waals surface area contributed by atoms with Crippen molar-refractivity contribution in [2.75, 3.05) is 6.61 Å². The second-order valence-corrected chi connectivity index (χ2v) is 11.0. The first kappa shape index (κ1) is 21.3. The molecule has 0 aliphatic carbocycles. The number of hydrogen-bond donors (Lipinski definition) is 1. The molecule has 3 atom stereocenters. The molecule has 154 valence electrons. The molecule has 2 unspecified atom stereocenters. The van der Waals surface area contributed by atoms with E-state index in [1.54, 1.807) is 11.6 Å². The summed E-state index contributed by atoms with van der Waals surface area (Å²) in [5, 5.41) is 0.582. The Balaban J connectivity index is 2.18. The first-order valence-electron chi connectivity index (χ1n) is 9.78. The molecule has 1 aromatic carbocycles. The van der Waals surface area contributed by atoms with Crippen molar-refractivity contribution in [2.24, 2.45) is 7.05 Å². The Bertz CT molecular complexity index is 943. The lowest BCUT2D eigenvalue weighted by Crippen LogP contribution is -2.40. The number of nitrogens with zero attached hydrogens (tertiary/aromatic N) is 2. The zero-order valence-corrected chi connectivity index (χ0v) is 18.7. The van der Waals surface area contributed by atoms with Gasteiger partial charge < -0.3 is 9.29 Å². The van der Waals surface area contributed by atoms with E-state index in [2.05, 4.69) is 4.72 Å². The van der Waals surface area contributed by atoms with Crippen molar-refractivity contribution in [1.29, 1.82) is 0 Å². The third kappa shape index (κ3) is 3.85. The fourth-order valence-corrected chi connectivity index (χ4v) is 4.51. The summed E-state index contributed by atoms with van der Waals surface area (Å²) >= 11 is -1.23. The molecule has 1 fully saturated rings. The number of rotatable bonds is 4. The van der Waals surface area contributed by atoms with Crippen molar-refractivity contribution in [1.82, 2.24) is 14.3 Å². The van der Waals surface area contributed by atoms with Crippen LogP contribution in [0.15, 0.2) is 16.9 Å². The van der Waals surface area contributed by atoms with Crippen molar-refractivity contribution >= 4 is 22.3 Å². The highest BCUT2D eigenvalue weighted by atomic mass is 32.2. The van der Waals surface area contributed by atoms with E-state index >= 15 is 0 Å². The lowest BCUT2D eigenvalue weighted by molar-refractivity contribution is 0.00637. The van der Waals surface area contributed by atoms with Gasteiger partial charge in [-0.25, -0.2) is 4.98 Å². The van der Waals surface area contributed by atoms with E-state index in [0.717, 1.165) is 24.0 Å². The molecule has 28 heavy (non-hydrogen) atoms. The largest absolute Gasteiger partial charge is 0.598 e. The molecule has 1 aliphatic rings. The zero-order valence-electron chi connectivity index (χ0n) is 17.9. The average molecular weight is 406 g/mol. The molecule has 1 aromatic heterocycles. The molecule has 1 saturated heterocycles. The average Bonchev–Trinajstić information content (AvgIpc) is 3.04. The Labute approximate surface area is 170 Å². The van der Waals surface area contributed by atoms with Gasteiger partial charge in [-0.15, -0.1) is 4.72 Å². The summed E-state index contributed by atoms with van der Waals surface area (Å²) < 4.78 is 23.0. The maximum absolute atomic E-state index is 13.1. The quantitative estimate of drug-likeness (QED) is 0.789. The maximum atomic E-state index is 13.1. The molecule has 0 spiro atoms. The minimum atomic E-state index is -1.23. The monoisotopic (exact) mass is 405 g/mol. The molecule has 7 heteroatoms. The highest BCUT2D eigenvalue weighted by molar-refractivity contribution is 7.90. The van der Waals surface area contributed by atoms with Gasteiger partial charge in [0.05, 0.1) is 16.9 Å². The summed E-state index contributed by atoms with van der Waals surface area (Å²) in [4.78, 5) is 18.1. The van der Waals surface area contributed by atoms with Crippen LogP contribution in [0.5, 0.6) is 0 Å². The van der Waals surface area contributed by atoms with E-state index in [9.17, 15) is 9.35 Å². The Morgan fingerprint density at radius 3 is 2.64 bits per heavy atom. The fraction of sp³-hybridized carbons (Fsp3) is 0.619. The fourth-order valence-electron chi connectivity index (χ4n) is 3.71. The Kier molecular flexibility index (Phi) is 5.66. The number of aromatic nitrogens is 2. The normalized spacial score (nSPS) is 22.6. The molecule has 1 aliphatic heterocycles. The van der Waals surface area contributed by atoms with Gasteiger partial charge in [0.1, 0.15) is 16.2 Å². The Morgan fingerprint density at radius 2 is 2.07 bits per heavy atom. The van der Waals surface area contributed by atoms with Gasteiger partial charge in [0.25, 0.3) is 5.56 Å². The van der Waals surface area contributed by atoms with Crippen LogP contribution in [0.1, 0.15) is 70.5 Å². The lowest BCUT2D eigenvalue weighted by Gasteiger charge is -2.28. The van der Waals surface area contributed by atoms with Crippen LogP contribution in [0.25, 0.3) is 10.9 Å². The van der Waals surface area contributed by atoms with Gasteiger partial charge in [0.15, 0.2) is 0 Å². The molecule has 3 rings (SSSR count). The van der Waals surface area contributed by atoms with E-state index in [0.29, 0.717) is 23.3 Å². The number of benzene rings is 1. The second kappa shape index (κ2) is 7.44. The van der Waals surface area contributed by atoms with Crippen LogP contribution >= 0.6 is 0 Å². The third-order valence-corrected chi connectivity index (χ3v) is 7.03. The van der Waals surface area contributed by atoms with Crippen LogP contribution in [0.2, 0.25) is 0 Å². The number of ether oxygens (including phenoxy) is 1. The van der Waals surface area contributed by atoms with Gasteiger partial charge in [-0.05, 0) is 66.0 Å². The molecule has 0 amide bonds. The molecule has 0 saturated carbocycles. The summed E-state index contributed by atoms with van der Waals surface area (Å²) in [6.07, 6.45) is 1.79. The van der Waals surface area contributed by atoms with E-state index in [1.807, 2.05) is 53.7 Å². The van der Waals surface area contributed by atoms with E-state index in [-0.39, 0.29) is 16.3 Å². The lowest BCUT2D eigenvalue weighted by atomic mass is 9.99. The predicted molar refractivity (Wildman–Crippen MR) is 114 cm³/mol. The van der Waals surface area contributed by atoms with Crippen LogP contribution in [-0.4, -0.2) is 25.5 Å². The van der Waals surface area contributed by atoms with Crippen molar-refractivity contribution in [2.45, 2.75) is 70.8 Å². The third-order valence-electron chi connectivity index (χ3n) is 5.35. The highest BCUT2D eigenvalue weighted by Gasteiger charge is 2.36. The zero-order chi connectivity index (χ0) is 20.9. The van der Waals surface area contributed by atoms with Crippen LogP contribution in [-0.2, 0) is 28.7 Å². The number of hydrogen-bond acceptors (Lipinski definition) is 5. The molecule has 1 N–H and O–H groups in total. The van der Waals surface area contributed by atoms with E-state index in [1.165, 1.54) is 0 Å². The van der Waals surface area contributed by atoms with Crippen LogP contribution in [0.4, 0.5) is 0 Å². The van der Waals surface area contributed by atoms with Crippen molar-refractivity contribution in [3.8, 4) is 0 Å². The van der Waals surface area contributed by atoms with Gasteiger partial charge in [-0.2, -0.15) is 0 Å². The maximum Gasteiger partial charge on any atom is 0.261 e. The van der Waals surface area contributed by atoms with Gasteiger partial charge in [0.2, 0.25) is 0 Å².